The van der Waals surface area contributed by atoms with Crippen LogP contribution in [0.4, 0.5) is 0 Å². The Kier molecular flexibility index (Phi) is 4.00. The third-order valence-corrected chi connectivity index (χ3v) is 3.43. The highest BCUT2D eigenvalue weighted by Gasteiger charge is 2.21. The number of halogens is 1. The summed E-state index contributed by atoms with van der Waals surface area (Å²) in [5, 5.41) is 4.70. The minimum Gasteiger partial charge on any atom is -0.358 e. The summed E-state index contributed by atoms with van der Waals surface area (Å²) in [6.45, 7) is 0.651. The van der Waals surface area contributed by atoms with Gasteiger partial charge in [0, 0.05) is 10.6 Å². The number of rotatable bonds is 3. The van der Waals surface area contributed by atoms with E-state index < -0.39 is 6.29 Å². The molecule has 0 bridgehead atoms. The number of hydrogen-bond acceptors (Lipinski definition) is 3. The van der Waals surface area contributed by atoms with Gasteiger partial charge >= 0.3 is 0 Å². The molecule has 3 nitrogen and oxygen atoms in total. The lowest BCUT2D eigenvalue weighted by atomic mass is 10.0. The third kappa shape index (κ3) is 3.00. The van der Waals surface area contributed by atoms with Gasteiger partial charge in [-0.25, -0.2) is 0 Å². The SMILES string of the molecule is Clc1ccc(/C=N/OC2OCCc3ccccc32)cc1. The molecule has 1 atom stereocenters. The minimum atomic E-state index is -0.427. The average Bonchev–Trinajstić information content (AvgIpc) is 2.49. The molecule has 0 aromatic heterocycles. The van der Waals surface area contributed by atoms with Gasteiger partial charge in [-0.3, -0.25) is 0 Å². The standard InChI is InChI=1S/C16H14ClNO2/c17-14-7-5-12(6-8-14)11-18-20-16-15-4-2-1-3-13(15)9-10-19-16/h1-8,11,16H,9-10H2/b18-11+. The Bertz CT molecular complexity index is 610. The first-order chi connectivity index (χ1) is 9.83. The molecule has 0 aliphatic carbocycles. The smallest absolute Gasteiger partial charge is 0.253 e. The van der Waals surface area contributed by atoms with Crippen LogP contribution in [-0.2, 0) is 16.0 Å². The molecular weight excluding hydrogens is 274 g/mol. The van der Waals surface area contributed by atoms with Crippen LogP contribution in [0.2, 0.25) is 5.02 Å². The first-order valence-electron chi connectivity index (χ1n) is 6.47. The van der Waals surface area contributed by atoms with Crippen molar-refractivity contribution in [3.05, 3.63) is 70.2 Å². The molecule has 1 aliphatic heterocycles. The van der Waals surface area contributed by atoms with Crippen molar-refractivity contribution >= 4 is 17.8 Å². The van der Waals surface area contributed by atoms with Crippen LogP contribution in [0.15, 0.2) is 53.7 Å². The summed E-state index contributed by atoms with van der Waals surface area (Å²) in [5.74, 6) is 0. The van der Waals surface area contributed by atoms with Crippen LogP contribution in [0.5, 0.6) is 0 Å². The van der Waals surface area contributed by atoms with E-state index in [1.807, 2.05) is 42.5 Å². The fourth-order valence-electron chi connectivity index (χ4n) is 2.14. The van der Waals surface area contributed by atoms with Crippen molar-refractivity contribution in [2.45, 2.75) is 12.7 Å². The van der Waals surface area contributed by atoms with Crippen LogP contribution in [0.25, 0.3) is 0 Å². The summed E-state index contributed by atoms with van der Waals surface area (Å²) < 4.78 is 5.60. The molecule has 20 heavy (non-hydrogen) atoms. The quantitative estimate of drug-likeness (QED) is 0.632. The van der Waals surface area contributed by atoms with Gasteiger partial charge in [0.05, 0.1) is 12.8 Å². The van der Waals surface area contributed by atoms with Crippen LogP contribution >= 0.6 is 11.6 Å². The van der Waals surface area contributed by atoms with Gasteiger partial charge in [0.15, 0.2) is 0 Å². The lowest BCUT2D eigenvalue weighted by Crippen LogP contribution is -2.17. The van der Waals surface area contributed by atoms with Gasteiger partial charge in [0.2, 0.25) is 0 Å². The van der Waals surface area contributed by atoms with Crippen LogP contribution in [0.1, 0.15) is 23.0 Å². The Hall–Kier alpha value is -1.84. The van der Waals surface area contributed by atoms with Gasteiger partial charge in [-0.1, -0.05) is 53.2 Å². The lowest BCUT2D eigenvalue weighted by molar-refractivity contribution is -0.152. The molecular formula is C16H14ClNO2. The van der Waals surface area contributed by atoms with E-state index in [-0.39, 0.29) is 0 Å². The second-order valence-electron chi connectivity index (χ2n) is 4.54. The molecule has 1 heterocycles. The van der Waals surface area contributed by atoms with E-state index in [0.29, 0.717) is 11.6 Å². The predicted molar refractivity (Wildman–Crippen MR) is 79.0 cm³/mol. The Morgan fingerprint density at radius 2 is 1.95 bits per heavy atom. The summed E-state index contributed by atoms with van der Waals surface area (Å²) in [5.41, 5.74) is 3.23. The van der Waals surface area contributed by atoms with Crippen molar-refractivity contribution in [2.75, 3.05) is 6.61 Å². The number of fused-ring (bicyclic) bond motifs is 1. The van der Waals surface area contributed by atoms with Crippen molar-refractivity contribution in [2.24, 2.45) is 5.16 Å². The minimum absolute atomic E-state index is 0.427. The van der Waals surface area contributed by atoms with E-state index in [1.165, 1.54) is 5.56 Å². The highest BCUT2D eigenvalue weighted by Crippen LogP contribution is 2.27. The van der Waals surface area contributed by atoms with E-state index >= 15 is 0 Å². The van der Waals surface area contributed by atoms with Gasteiger partial charge in [-0.05, 0) is 29.7 Å². The largest absolute Gasteiger partial charge is 0.358 e. The number of hydrogen-bond donors (Lipinski definition) is 0. The van der Waals surface area contributed by atoms with Crippen molar-refractivity contribution < 1.29 is 9.57 Å². The van der Waals surface area contributed by atoms with Gasteiger partial charge in [-0.2, -0.15) is 0 Å². The molecule has 0 saturated carbocycles. The maximum atomic E-state index is 5.83. The zero-order chi connectivity index (χ0) is 13.8. The van der Waals surface area contributed by atoms with E-state index in [4.69, 9.17) is 21.2 Å². The average molecular weight is 288 g/mol. The third-order valence-electron chi connectivity index (χ3n) is 3.18. The van der Waals surface area contributed by atoms with Crippen LogP contribution < -0.4 is 0 Å². The monoisotopic (exact) mass is 287 g/mol. The second-order valence-corrected chi connectivity index (χ2v) is 4.98. The second kappa shape index (κ2) is 6.07. The Morgan fingerprint density at radius 3 is 2.80 bits per heavy atom. The zero-order valence-electron chi connectivity index (χ0n) is 10.8. The summed E-state index contributed by atoms with van der Waals surface area (Å²) in [7, 11) is 0. The number of nitrogens with zero attached hydrogens (tertiary/aromatic N) is 1. The highest BCUT2D eigenvalue weighted by atomic mass is 35.5. The molecule has 0 spiro atoms. The maximum Gasteiger partial charge on any atom is 0.253 e. The molecule has 4 heteroatoms. The number of oxime groups is 1. The summed E-state index contributed by atoms with van der Waals surface area (Å²) in [6, 6.07) is 15.5. The fraction of sp³-hybridized carbons (Fsp3) is 0.188. The van der Waals surface area contributed by atoms with Crippen molar-refractivity contribution in [3.63, 3.8) is 0 Å². The van der Waals surface area contributed by atoms with Gasteiger partial charge < -0.3 is 9.57 Å². The molecule has 3 rings (SSSR count). The summed E-state index contributed by atoms with van der Waals surface area (Å²) >= 11 is 5.83. The molecule has 102 valence electrons. The maximum absolute atomic E-state index is 5.83. The summed E-state index contributed by atoms with van der Waals surface area (Å²) in [4.78, 5) is 5.46. The van der Waals surface area contributed by atoms with E-state index in [1.54, 1.807) is 6.21 Å². The molecule has 0 fully saturated rings. The number of benzene rings is 2. The summed E-state index contributed by atoms with van der Waals surface area (Å²) in [6.07, 6.45) is 2.14. The molecule has 1 aliphatic rings. The molecule has 1 unspecified atom stereocenters. The zero-order valence-corrected chi connectivity index (χ0v) is 11.6. The first-order valence-corrected chi connectivity index (χ1v) is 6.85. The van der Waals surface area contributed by atoms with Crippen molar-refractivity contribution in [3.8, 4) is 0 Å². The topological polar surface area (TPSA) is 30.8 Å². The first kappa shape index (κ1) is 13.2. The van der Waals surface area contributed by atoms with Crippen LogP contribution in [0, 0.1) is 0 Å². The molecule has 2 aromatic carbocycles. The predicted octanol–water partition coefficient (Wildman–Crippen LogP) is 3.96. The molecule has 0 saturated heterocycles. The number of ether oxygens (including phenoxy) is 1. The highest BCUT2D eigenvalue weighted by molar-refractivity contribution is 6.30. The van der Waals surface area contributed by atoms with Gasteiger partial charge in [0.1, 0.15) is 0 Å². The van der Waals surface area contributed by atoms with E-state index in [9.17, 15) is 0 Å². The molecule has 0 amide bonds. The van der Waals surface area contributed by atoms with Crippen molar-refractivity contribution in [1.82, 2.24) is 0 Å². The van der Waals surface area contributed by atoms with Crippen LogP contribution in [-0.4, -0.2) is 12.8 Å². The van der Waals surface area contributed by atoms with E-state index in [0.717, 1.165) is 17.5 Å². The Morgan fingerprint density at radius 1 is 1.15 bits per heavy atom. The van der Waals surface area contributed by atoms with Crippen molar-refractivity contribution in [1.29, 1.82) is 0 Å². The van der Waals surface area contributed by atoms with Gasteiger partial charge in [-0.15, -0.1) is 0 Å². The Balaban J connectivity index is 1.69. The molecule has 2 aromatic rings. The fourth-order valence-corrected chi connectivity index (χ4v) is 2.27. The van der Waals surface area contributed by atoms with E-state index in [2.05, 4.69) is 11.2 Å². The normalized spacial score (nSPS) is 17.9. The van der Waals surface area contributed by atoms with Gasteiger partial charge in [0.25, 0.3) is 6.29 Å². The molecule has 0 N–H and O–H groups in total. The Labute approximate surface area is 122 Å². The van der Waals surface area contributed by atoms with Crippen LogP contribution in [0.3, 0.4) is 0 Å². The molecule has 0 radical (unpaired) electrons. The lowest BCUT2D eigenvalue weighted by Gasteiger charge is -2.23.